The van der Waals surface area contributed by atoms with Crippen molar-refractivity contribution in [2.24, 2.45) is 0 Å². The van der Waals surface area contributed by atoms with Crippen molar-refractivity contribution >= 4 is 5.91 Å². The monoisotopic (exact) mass is 319 g/mol. The molecule has 2 rings (SSSR count). The maximum absolute atomic E-state index is 11.9. The van der Waals surface area contributed by atoms with E-state index in [0.29, 0.717) is 36.8 Å². The van der Waals surface area contributed by atoms with Crippen LogP contribution >= 0.6 is 0 Å². The average Bonchev–Trinajstić information content (AvgIpc) is 3.04. The van der Waals surface area contributed by atoms with Crippen LogP contribution in [0.5, 0.6) is 5.75 Å². The van der Waals surface area contributed by atoms with Crippen molar-refractivity contribution in [3.8, 4) is 5.75 Å². The molecule has 8 heteroatoms. The number of nitrogens with zero attached hydrogens (tertiary/aromatic N) is 4. The largest absolute Gasteiger partial charge is 0.486 e. The van der Waals surface area contributed by atoms with Crippen LogP contribution in [0.2, 0.25) is 0 Å². The molecule has 1 aromatic heterocycles. The molecule has 0 spiro atoms. The molecule has 0 unspecified atom stereocenters. The molecule has 124 valence electrons. The van der Waals surface area contributed by atoms with Gasteiger partial charge in [0, 0.05) is 32.4 Å². The quantitative estimate of drug-likeness (QED) is 0.694. The summed E-state index contributed by atoms with van der Waals surface area (Å²) in [6.45, 7) is 4.14. The van der Waals surface area contributed by atoms with E-state index in [-0.39, 0.29) is 12.5 Å². The first-order valence-corrected chi connectivity index (χ1v) is 7.49. The molecule has 0 aliphatic heterocycles. The highest BCUT2D eigenvalue weighted by molar-refractivity contribution is 5.94. The van der Waals surface area contributed by atoms with E-state index in [1.165, 1.54) is 0 Å². The molecule has 0 aliphatic rings. The summed E-state index contributed by atoms with van der Waals surface area (Å²) in [4.78, 5) is 11.9. The van der Waals surface area contributed by atoms with Crippen LogP contribution in [0.3, 0.4) is 0 Å². The summed E-state index contributed by atoms with van der Waals surface area (Å²) in [7, 11) is 1.64. The fourth-order valence-corrected chi connectivity index (χ4v) is 1.94. The van der Waals surface area contributed by atoms with Crippen LogP contribution in [-0.2, 0) is 17.9 Å². The SMILES string of the molecule is CCn1nnnc1COc1ccc(C(=O)NCCCOC)cc1. The van der Waals surface area contributed by atoms with Crippen LogP contribution in [0.1, 0.15) is 29.5 Å². The van der Waals surface area contributed by atoms with E-state index in [1.807, 2.05) is 6.92 Å². The summed E-state index contributed by atoms with van der Waals surface area (Å²) < 4.78 is 12.2. The number of benzene rings is 1. The number of aryl methyl sites for hydroxylation is 1. The van der Waals surface area contributed by atoms with Gasteiger partial charge < -0.3 is 14.8 Å². The fourth-order valence-electron chi connectivity index (χ4n) is 1.94. The second-order valence-corrected chi connectivity index (χ2v) is 4.83. The number of hydrogen-bond donors (Lipinski definition) is 1. The Morgan fingerprint density at radius 3 is 2.78 bits per heavy atom. The van der Waals surface area contributed by atoms with Crippen LogP contribution in [-0.4, -0.2) is 46.4 Å². The van der Waals surface area contributed by atoms with Gasteiger partial charge in [0.05, 0.1) is 0 Å². The molecule has 1 amide bonds. The fraction of sp³-hybridized carbons (Fsp3) is 0.467. The molecule has 2 aromatic rings. The number of carbonyl (C=O) groups is 1. The van der Waals surface area contributed by atoms with Crippen LogP contribution in [0.15, 0.2) is 24.3 Å². The third kappa shape index (κ3) is 5.03. The van der Waals surface area contributed by atoms with E-state index in [1.54, 1.807) is 36.1 Å². The Morgan fingerprint density at radius 1 is 1.30 bits per heavy atom. The number of nitrogens with one attached hydrogen (secondary N) is 1. The lowest BCUT2D eigenvalue weighted by Gasteiger charge is -2.07. The predicted molar refractivity (Wildman–Crippen MR) is 83.1 cm³/mol. The number of amides is 1. The Bertz CT molecular complexity index is 612. The molecule has 0 radical (unpaired) electrons. The zero-order valence-electron chi connectivity index (χ0n) is 13.4. The number of methoxy groups -OCH3 is 1. The van der Waals surface area contributed by atoms with Gasteiger partial charge in [-0.15, -0.1) is 5.10 Å². The molecule has 0 aliphatic carbocycles. The minimum atomic E-state index is -0.109. The number of hydrogen-bond acceptors (Lipinski definition) is 6. The highest BCUT2D eigenvalue weighted by Crippen LogP contribution is 2.13. The van der Waals surface area contributed by atoms with Crippen molar-refractivity contribution in [3.63, 3.8) is 0 Å². The smallest absolute Gasteiger partial charge is 0.251 e. The van der Waals surface area contributed by atoms with Gasteiger partial charge in [0.15, 0.2) is 5.82 Å². The van der Waals surface area contributed by atoms with Gasteiger partial charge in [-0.05, 0) is 48.0 Å². The van der Waals surface area contributed by atoms with Crippen molar-refractivity contribution in [1.82, 2.24) is 25.5 Å². The molecule has 0 fully saturated rings. The van der Waals surface area contributed by atoms with Gasteiger partial charge in [-0.1, -0.05) is 0 Å². The number of ether oxygens (including phenoxy) is 2. The second-order valence-electron chi connectivity index (χ2n) is 4.83. The van der Waals surface area contributed by atoms with Crippen LogP contribution in [0, 0.1) is 0 Å². The Hall–Kier alpha value is -2.48. The second kappa shape index (κ2) is 8.84. The number of tetrazole rings is 1. The van der Waals surface area contributed by atoms with Gasteiger partial charge in [-0.25, -0.2) is 4.68 Å². The highest BCUT2D eigenvalue weighted by Gasteiger charge is 2.07. The predicted octanol–water partition coefficient (Wildman–Crippen LogP) is 1.04. The van der Waals surface area contributed by atoms with Crippen molar-refractivity contribution < 1.29 is 14.3 Å². The number of carbonyl (C=O) groups excluding carboxylic acids is 1. The zero-order chi connectivity index (χ0) is 16.5. The van der Waals surface area contributed by atoms with Crippen LogP contribution < -0.4 is 10.1 Å². The van der Waals surface area contributed by atoms with Crippen molar-refractivity contribution in [1.29, 1.82) is 0 Å². The molecule has 1 heterocycles. The maximum atomic E-state index is 11.9. The van der Waals surface area contributed by atoms with E-state index in [0.717, 1.165) is 6.42 Å². The summed E-state index contributed by atoms with van der Waals surface area (Å²) in [6.07, 6.45) is 0.787. The molecular formula is C15H21N5O3. The lowest BCUT2D eigenvalue weighted by Crippen LogP contribution is -2.25. The van der Waals surface area contributed by atoms with E-state index >= 15 is 0 Å². The minimum Gasteiger partial charge on any atom is -0.486 e. The van der Waals surface area contributed by atoms with Gasteiger partial charge >= 0.3 is 0 Å². The van der Waals surface area contributed by atoms with Crippen LogP contribution in [0.4, 0.5) is 0 Å². The van der Waals surface area contributed by atoms with Gasteiger partial charge in [0.2, 0.25) is 0 Å². The molecule has 0 bridgehead atoms. The summed E-state index contributed by atoms with van der Waals surface area (Å²) in [5.41, 5.74) is 0.591. The molecule has 23 heavy (non-hydrogen) atoms. The Kier molecular flexibility index (Phi) is 6.49. The maximum Gasteiger partial charge on any atom is 0.251 e. The topological polar surface area (TPSA) is 91.2 Å². The first-order chi connectivity index (χ1) is 11.2. The Labute approximate surface area is 134 Å². The van der Waals surface area contributed by atoms with E-state index in [4.69, 9.17) is 9.47 Å². The lowest BCUT2D eigenvalue weighted by atomic mass is 10.2. The number of aromatic nitrogens is 4. The summed E-state index contributed by atoms with van der Waals surface area (Å²) in [5, 5.41) is 14.2. The standard InChI is InChI=1S/C15H21N5O3/c1-3-20-14(17-18-19-20)11-23-13-7-5-12(6-8-13)15(21)16-9-4-10-22-2/h5-8H,3-4,9-11H2,1-2H3,(H,16,21). The molecule has 0 saturated heterocycles. The third-order valence-electron chi connectivity index (χ3n) is 3.20. The Balaban J connectivity index is 1.83. The highest BCUT2D eigenvalue weighted by atomic mass is 16.5. The average molecular weight is 319 g/mol. The molecule has 0 atom stereocenters. The molecule has 8 nitrogen and oxygen atoms in total. The molecule has 0 saturated carbocycles. The minimum absolute atomic E-state index is 0.109. The van der Waals surface area contributed by atoms with Crippen molar-refractivity contribution in [3.05, 3.63) is 35.7 Å². The van der Waals surface area contributed by atoms with Crippen molar-refractivity contribution in [2.75, 3.05) is 20.3 Å². The van der Waals surface area contributed by atoms with Gasteiger partial charge in [-0.2, -0.15) is 0 Å². The third-order valence-corrected chi connectivity index (χ3v) is 3.20. The van der Waals surface area contributed by atoms with E-state index in [2.05, 4.69) is 20.8 Å². The molecule has 1 aromatic carbocycles. The summed E-state index contributed by atoms with van der Waals surface area (Å²) in [5.74, 6) is 1.21. The van der Waals surface area contributed by atoms with Crippen LogP contribution in [0.25, 0.3) is 0 Å². The van der Waals surface area contributed by atoms with Gasteiger partial charge in [0.25, 0.3) is 5.91 Å². The number of rotatable bonds is 9. The van der Waals surface area contributed by atoms with Crippen molar-refractivity contribution in [2.45, 2.75) is 26.5 Å². The first-order valence-electron chi connectivity index (χ1n) is 7.49. The molecular weight excluding hydrogens is 298 g/mol. The normalized spacial score (nSPS) is 10.5. The molecule has 1 N–H and O–H groups in total. The van der Waals surface area contributed by atoms with Gasteiger partial charge in [0.1, 0.15) is 12.4 Å². The summed E-state index contributed by atoms with van der Waals surface area (Å²) in [6, 6.07) is 6.96. The lowest BCUT2D eigenvalue weighted by molar-refractivity contribution is 0.0948. The van der Waals surface area contributed by atoms with E-state index in [9.17, 15) is 4.79 Å². The zero-order valence-corrected chi connectivity index (χ0v) is 13.4. The van der Waals surface area contributed by atoms with E-state index < -0.39 is 0 Å². The summed E-state index contributed by atoms with van der Waals surface area (Å²) >= 11 is 0. The first kappa shape index (κ1) is 16.9. The Morgan fingerprint density at radius 2 is 2.09 bits per heavy atom. The van der Waals surface area contributed by atoms with Gasteiger partial charge in [-0.3, -0.25) is 4.79 Å².